The number of anilines is 1. The number of hydrogen-bond acceptors (Lipinski definition) is 8. The monoisotopic (exact) mass is 614 g/mol. The fourth-order valence-corrected chi connectivity index (χ4v) is 6.58. The largest absolute Gasteiger partial charge is 0.433 e. The summed E-state index contributed by atoms with van der Waals surface area (Å²) in [5.41, 5.74) is 11.1. The van der Waals surface area contributed by atoms with Crippen LogP contribution in [0.5, 0.6) is 11.6 Å². The lowest BCUT2D eigenvalue weighted by Crippen LogP contribution is -2.46. The maximum atomic E-state index is 14.1. The third-order valence-electron chi connectivity index (χ3n) is 8.85. The Hall–Kier alpha value is -4.65. The summed E-state index contributed by atoms with van der Waals surface area (Å²) >= 11 is 0. The second kappa shape index (κ2) is 11.7. The Balaban J connectivity index is 1.17. The van der Waals surface area contributed by atoms with Crippen LogP contribution in [-0.2, 0) is 11.2 Å². The molecule has 0 bridgehead atoms. The highest BCUT2D eigenvalue weighted by Gasteiger charge is 2.34. The first kappa shape index (κ1) is 29.1. The van der Waals surface area contributed by atoms with Crippen molar-refractivity contribution in [3.8, 4) is 17.3 Å². The number of ether oxygens (including phenoxy) is 2. The van der Waals surface area contributed by atoms with Crippen molar-refractivity contribution < 1.29 is 28.2 Å². The van der Waals surface area contributed by atoms with E-state index in [-0.39, 0.29) is 35.7 Å². The van der Waals surface area contributed by atoms with E-state index < -0.39 is 17.4 Å². The number of fused-ring (bicyclic) bond motifs is 3. The van der Waals surface area contributed by atoms with Gasteiger partial charge in [0.15, 0.2) is 11.6 Å². The first-order valence-electron chi connectivity index (χ1n) is 14.9. The topological polar surface area (TPSA) is 132 Å². The minimum absolute atomic E-state index is 0.0137. The molecule has 5 aromatic rings. The molecule has 12 heteroatoms. The zero-order valence-electron chi connectivity index (χ0n) is 24.6. The number of H-pyrrole nitrogens is 1. The van der Waals surface area contributed by atoms with E-state index in [2.05, 4.69) is 26.0 Å². The van der Waals surface area contributed by atoms with Gasteiger partial charge < -0.3 is 25.3 Å². The van der Waals surface area contributed by atoms with Gasteiger partial charge in [-0.2, -0.15) is 5.10 Å². The molecular weight excluding hydrogens is 582 g/mol. The van der Waals surface area contributed by atoms with Crippen LogP contribution < -0.4 is 10.5 Å². The fraction of sp³-hybridized carbons (Fsp3) is 0.303. The van der Waals surface area contributed by atoms with Crippen molar-refractivity contribution in [3.63, 3.8) is 0 Å². The Morgan fingerprint density at radius 3 is 2.67 bits per heavy atom. The second-order valence-electron chi connectivity index (χ2n) is 11.5. The Kier molecular flexibility index (Phi) is 7.56. The van der Waals surface area contributed by atoms with Crippen LogP contribution in [0.3, 0.4) is 0 Å². The highest BCUT2D eigenvalue weighted by Crippen LogP contribution is 2.39. The number of pyridine rings is 1. The third kappa shape index (κ3) is 5.14. The van der Waals surface area contributed by atoms with E-state index in [1.807, 2.05) is 12.1 Å². The molecule has 2 aliphatic heterocycles. The van der Waals surface area contributed by atoms with Gasteiger partial charge in [-0.3, -0.25) is 9.69 Å². The standard InChI is InChI=1S/C33H32F2N6O4/c1-18-13-29(45-32-23(34)3-2-4-24(32)35)37-16-27(18)41-33(36)22(15-38-41)31(43)26-14-21-25(39-26)6-5-19-7-10-40(28(17-42)30(19)21)20-8-11-44-12-9-20/h2-6,13-16,20,28,39,42H,7-12,17,36H2,1H3. The maximum Gasteiger partial charge on any atom is 0.219 e. The number of halogens is 2. The summed E-state index contributed by atoms with van der Waals surface area (Å²) in [5.74, 6) is -2.48. The lowest BCUT2D eigenvalue weighted by molar-refractivity contribution is 0.000310. The van der Waals surface area contributed by atoms with E-state index >= 15 is 0 Å². The maximum absolute atomic E-state index is 14.1. The number of ketones is 1. The molecule has 1 atom stereocenters. The molecule has 3 aromatic heterocycles. The summed E-state index contributed by atoms with van der Waals surface area (Å²) in [6.07, 6.45) is 5.53. The smallest absolute Gasteiger partial charge is 0.219 e. The minimum Gasteiger partial charge on any atom is -0.433 e. The van der Waals surface area contributed by atoms with E-state index in [4.69, 9.17) is 15.2 Å². The molecule has 45 heavy (non-hydrogen) atoms. The number of carbonyl (C=O) groups excluding carboxylic acids is 1. The number of carbonyl (C=O) groups is 1. The van der Waals surface area contributed by atoms with Crippen LogP contribution in [0.25, 0.3) is 16.6 Å². The number of aromatic amines is 1. The van der Waals surface area contributed by atoms with Gasteiger partial charge in [0.05, 0.1) is 42.0 Å². The molecule has 1 fully saturated rings. The van der Waals surface area contributed by atoms with Crippen molar-refractivity contribution in [2.24, 2.45) is 0 Å². The Morgan fingerprint density at radius 2 is 1.93 bits per heavy atom. The molecule has 0 spiro atoms. The highest BCUT2D eigenvalue weighted by atomic mass is 19.1. The number of nitrogens with one attached hydrogen (secondary N) is 1. The van der Waals surface area contributed by atoms with Gasteiger partial charge in [-0.05, 0) is 67.1 Å². The second-order valence-corrected chi connectivity index (χ2v) is 11.5. The van der Waals surface area contributed by atoms with Crippen molar-refractivity contribution >= 4 is 22.5 Å². The lowest BCUT2D eigenvalue weighted by atomic mass is 9.88. The number of aliphatic hydroxyl groups is 1. The summed E-state index contributed by atoms with van der Waals surface area (Å²) in [5, 5.41) is 15.8. The number of benzene rings is 2. The van der Waals surface area contributed by atoms with Crippen LogP contribution in [0, 0.1) is 18.6 Å². The Morgan fingerprint density at radius 1 is 1.16 bits per heavy atom. The Labute approximate surface area is 257 Å². The van der Waals surface area contributed by atoms with Crippen molar-refractivity contribution in [1.82, 2.24) is 24.6 Å². The fourth-order valence-electron chi connectivity index (χ4n) is 6.58. The van der Waals surface area contributed by atoms with Crippen molar-refractivity contribution in [2.45, 2.75) is 38.3 Å². The molecular formula is C33H32F2N6O4. The van der Waals surface area contributed by atoms with Crippen LogP contribution >= 0.6 is 0 Å². The van der Waals surface area contributed by atoms with Crippen LogP contribution in [0.1, 0.15) is 51.6 Å². The van der Waals surface area contributed by atoms with E-state index in [0.717, 1.165) is 67.6 Å². The van der Waals surface area contributed by atoms with E-state index in [0.29, 0.717) is 23.0 Å². The number of nitrogens with zero attached hydrogens (tertiary/aromatic N) is 4. The van der Waals surface area contributed by atoms with Gasteiger partial charge >= 0.3 is 0 Å². The number of rotatable bonds is 7. The average Bonchev–Trinajstić information content (AvgIpc) is 3.66. The summed E-state index contributed by atoms with van der Waals surface area (Å²) in [4.78, 5) is 23.6. The lowest BCUT2D eigenvalue weighted by Gasteiger charge is -2.43. The summed E-state index contributed by atoms with van der Waals surface area (Å²) in [7, 11) is 0. The highest BCUT2D eigenvalue weighted by molar-refractivity contribution is 6.12. The van der Waals surface area contributed by atoms with Gasteiger partial charge in [-0.15, -0.1) is 0 Å². The van der Waals surface area contributed by atoms with E-state index in [1.54, 1.807) is 6.92 Å². The molecule has 10 nitrogen and oxygen atoms in total. The number of para-hydroxylation sites is 1. The minimum atomic E-state index is -0.848. The van der Waals surface area contributed by atoms with Gasteiger partial charge in [0.2, 0.25) is 17.4 Å². The summed E-state index contributed by atoms with van der Waals surface area (Å²) < 4.78 is 40.4. The quantitative estimate of drug-likeness (QED) is 0.218. The first-order chi connectivity index (χ1) is 21.8. The normalized spacial score (nSPS) is 17.5. The van der Waals surface area contributed by atoms with E-state index in [9.17, 15) is 18.7 Å². The van der Waals surface area contributed by atoms with Gasteiger partial charge in [0.25, 0.3) is 0 Å². The molecule has 2 aromatic carbocycles. The van der Waals surface area contributed by atoms with Crippen molar-refractivity contribution in [3.05, 3.63) is 94.4 Å². The predicted octanol–water partition coefficient (Wildman–Crippen LogP) is 5.01. The van der Waals surface area contributed by atoms with Crippen LogP contribution in [-0.4, -0.2) is 67.9 Å². The Bertz CT molecular complexity index is 1890. The van der Waals surface area contributed by atoms with Crippen LogP contribution in [0.4, 0.5) is 14.6 Å². The van der Waals surface area contributed by atoms with Gasteiger partial charge in [0.1, 0.15) is 5.82 Å². The van der Waals surface area contributed by atoms with E-state index in [1.165, 1.54) is 34.8 Å². The molecule has 0 amide bonds. The van der Waals surface area contributed by atoms with Crippen LogP contribution in [0.15, 0.2) is 54.9 Å². The molecule has 0 saturated carbocycles. The molecule has 2 aliphatic rings. The summed E-state index contributed by atoms with van der Waals surface area (Å²) in [6, 6.07) is 11.0. The molecule has 7 rings (SSSR count). The van der Waals surface area contributed by atoms with Crippen molar-refractivity contribution in [2.75, 3.05) is 32.1 Å². The predicted molar refractivity (Wildman–Crippen MR) is 163 cm³/mol. The molecule has 0 aliphatic carbocycles. The van der Waals surface area contributed by atoms with Gasteiger partial charge in [-0.25, -0.2) is 18.4 Å². The van der Waals surface area contributed by atoms with Crippen LogP contribution in [0.2, 0.25) is 0 Å². The zero-order chi connectivity index (χ0) is 31.2. The molecule has 232 valence electrons. The first-order valence-corrected chi connectivity index (χ1v) is 14.9. The number of aliphatic hydroxyl groups excluding tert-OH is 1. The third-order valence-corrected chi connectivity index (χ3v) is 8.85. The zero-order valence-corrected chi connectivity index (χ0v) is 24.6. The number of hydrogen-bond donors (Lipinski definition) is 3. The molecule has 1 saturated heterocycles. The number of nitrogens with two attached hydrogens (primary N) is 1. The average molecular weight is 615 g/mol. The molecule has 4 N–H and O–H groups in total. The number of aryl methyl sites for hydroxylation is 1. The van der Waals surface area contributed by atoms with Gasteiger partial charge in [-0.1, -0.05) is 12.1 Å². The van der Waals surface area contributed by atoms with Crippen molar-refractivity contribution in [1.29, 1.82) is 0 Å². The number of nitrogen functional groups attached to an aromatic ring is 1. The number of aromatic nitrogens is 4. The molecule has 0 radical (unpaired) electrons. The summed E-state index contributed by atoms with van der Waals surface area (Å²) in [6.45, 7) is 4.02. The SMILES string of the molecule is Cc1cc(Oc2c(F)cccc2F)ncc1-n1ncc(C(=O)c2cc3c4c(ccc3[nH]2)CCN(C2CCOCC2)C4CO)c1N. The van der Waals surface area contributed by atoms with Gasteiger partial charge in [0, 0.05) is 42.8 Å². The molecule has 1 unspecified atom stereocenters. The molecule has 5 heterocycles.